The maximum atomic E-state index is 11.2. The molecule has 1 N–H and O–H groups in total. The number of carboxylic acids is 1. The lowest BCUT2D eigenvalue weighted by atomic mass is 9.74. The quantitative estimate of drug-likeness (QED) is 0.429. The molecule has 0 aromatic heterocycles. The van der Waals surface area contributed by atoms with Crippen LogP contribution in [0.5, 0.6) is 11.5 Å². The first-order valence-corrected chi connectivity index (χ1v) is 12.9. The molecule has 2 aliphatic heterocycles. The third-order valence-corrected chi connectivity index (χ3v) is 7.87. The number of hydrogen-bond acceptors (Lipinski definition) is 4. The van der Waals surface area contributed by atoms with Crippen molar-refractivity contribution in [3.63, 3.8) is 0 Å². The Bertz CT molecular complexity index is 1010. The summed E-state index contributed by atoms with van der Waals surface area (Å²) in [5.74, 6) is 0.510. The molecule has 34 heavy (non-hydrogen) atoms. The van der Waals surface area contributed by atoms with Gasteiger partial charge in [-0.05, 0) is 62.5 Å². The molecule has 184 valence electrons. The van der Waals surface area contributed by atoms with Crippen LogP contribution in [-0.4, -0.2) is 42.2 Å². The minimum atomic E-state index is -0.739. The summed E-state index contributed by atoms with van der Waals surface area (Å²) in [6.07, 6.45) is 5.13. The van der Waals surface area contributed by atoms with Gasteiger partial charge in [0.05, 0.1) is 12.5 Å². The van der Waals surface area contributed by atoms with E-state index in [2.05, 4.69) is 17.9 Å². The number of benzene rings is 2. The van der Waals surface area contributed by atoms with E-state index in [1.807, 2.05) is 24.3 Å². The number of piperidine rings is 1. The number of fused-ring (bicyclic) bond motifs is 2. The van der Waals surface area contributed by atoms with E-state index < -0.39 is 5.97 Å². The Morgan fingerprint density at radius 2 is 1.91 bits per heavy atom. The number of halogens is 2. The van der Waals surface area contributed by atoms with Crippen molar-refractivity contribution in [1.82, 2.24) is 4.90 Å². The van der Waals surface area contributed by atoms with E-state index in [1.165, 1.54) is 5.56 Å². The van der Waals surface area contributed by atoms with Crippen LogP contribution in [0.4, 0.5) is 0 Å². The minimum absolute atomic E-state index is 0.00222. The predicted octanol–water partition coefficient (Wildman–Crippen LogP) is 6.36. The molecular weight excluding hydrogens is 473 g/mol. The summed E-state index contributed by atoms with van der Waals surface area (Å²) in [5.41, 5.74) is 3.17. The van der Waals surface area contributed by atoms with Crippen LogP contribution in [0.15, 0.2) is 30.3 Å². The van der Waals surface area contributed by atoms with Crippen LogP contribution in [0, 0.1) is 5.92 Å². The third-order valence-electron chi connectivity index (χ3n) is 7.20. The van der Waals surface area contributed by atoms with Crippen LogP contribution in [0.2, 0.25) is 10.0 Å². The highest BCUT2D eigenvalue weighted by Crippen LogP contribution is 2.47. The zero-order chi connectivity index (χ0) is 24.3. The molecule has 1 fully saturated rings. The molecule has 2 aromatic rings. The second kappa shape index (κ2) is 10.8. The molecule has 5 nitrogen and oxygen atoms in total. The number of aliphatic carboxylic acids is 1. The number of rotatable bonds is 9. The first-order chi connectivity index (χ1) is 16.3. The van der Waals surface area contributed by atoms with Crippen LogP contribution in [-0.2, 0) is 23.2 Å². The zero-order valence-electron chi connectivity index (χ0n) is 19.9. The highest BCUT2D eigenvalue weighted by atomic mass is 35.5. The van der Waals surface area contributed by atoms with Crippen molar-refractivity contribution in [3.05, 3.63) is 57.1 Å². The summed E-state index contributed by atoms with van der Waals surface area (Å²) in [6.45, 7) is 7.24. The van der Waals surface area contributed by atoms with Gasteiger partial charge in [-0.1, -0.05) is 49.5 Å². The number of carbonyl (C=O) groups is 1. The third kappa shape index (κ3) is 5.48. The second-order valence-corrected chi connectivity index (χ2v) is 10.5. The van der Waals surface area contributed by atoms with Crippen molar-refractivity contribution >= 4 is 29.2 Å². The monoisotopic (exact) mass is 505 g/mol. The Kier molecular flexibility index (Phi) is 7.96. The molecule has 1 unspecified atom stereocenters. The second-order valence-electron chi connectivity index (χ2n) is 9.70. The van der Waals surface area contributed by atoms with Gasteiger partial charge in [0.1, 0.15) is 18.1 Å². The van der Waals surface area contributed by atoms with E-state index >= 15 is 0 Å². The number of likely N-dealkylation sites (tertiary alicyclic amines) is 1. The molecule has 2 aliphatic rings. The van der Waals surface area contributed by atoms with E-state index in [0.29, 0.717) is 29.8 Å². The van der Waals surface area contributed by atoms with Crippen LogP contribution < -0.4 is 9.47 Å². The number of aryl methyl sites for hydroxylation is 1. The van der Waals surface area contributed by atoms with Crippen LogP contribution in [0.3, 0.4) is 0 Å². The van der Waals surface area contributed by atoms with Crippen molar-refractivity contribution in [2.45, 2.75) is 58.0 Å². The summed E-state index contributed by atoms with van der Waals surface area (Å²) >= 11 is 13.0. The van der Waals surface area contributed by atoms with Crippen molar-refractivity contribution in [2.24, 2.45) is 5.92 Å². The first kappa shape index (κ1) is 25.2. The highest BCUT2D eigenvalue weighted by Gasteiger charge is 2.43. The molecule has 0 amide bonds. The van der Waals surface area contributed by atoms with Gasteiger partial charge in [-0.2, -0.15) is 0 Å². The fourth-order valence-electron chi connectivity index (χ4n) is 4.96. The standard InChI is InChI=1S/C27H33Cl2NO4/c1-3-4-5-19-12-23(28)21(24(29)13-19)16-33-20-6-7-22-25(14-20)34-17-27(22)8-10-30(11-9-27)15-18(2)26(31)32/h6-7,12-14,18H,3-5,8-11,15-17H2,1-2H3,(H,31,32). The number of hydrogen-bond donors (Lipinski definition) is 1. The van der Waals surface area contributed by atoms with E-state index in [9.17, 15) is 9.90 Å². The fraction of sp³-hybridized carbons (Fsp3) is 0.519. The largest absolute Gasteiger partial charge is 0.492 e. The predicted molar refractivity (Wildman–Crippen MR) is 135 cm³/mol. The SMILES string of the molecule is CCCCc1cc(Cl)c(COc2ccc3c(c2)OCC32CCN(CC(C)C(=O)O)CC2)c(Cl)c1. The van der Waals surface area contributed by atoms with Gasteiger partial charge in [0.25, 0.3) is 0 Å². The van der Waals surface area contributed by atoms with Gasteiger partial charge in [-0.15, -0.1) is 0 Å². The van der Waals surface area contributed by atoms with Crippen LogP contribution in [0.1, 0.15) is 56.2 Å². The Hall–Kier alpha value is -1.95. The first-order valence-electron chi connectivity index (χ1n) is 12.1. The minimum Gasteiger partial charge on any atom is -0.492 e. The number of nitrogens with zero attached hydrogens (tertiary/aromatic N) is 1. The Morgan fingerprint density at radius 1 is 1.21 bits per heavy atom. The van der Waals surface area contributed by atoms with Gasteiger partial charge in [-0.3, -0.25) is 4.79 Å². The van der Waals surface area contributed by atoms with Crippen LogP contribution in [0.25, 0.3) is 0 Å². The summed E-state index contributed by atoms with van der Waals surface area (Å²) in [4.78, 5) is 13.4. The summed E-state index contributed by atoms with van der Waals surface area (Å²) in [6, 6.07) is 10.0. The van der Waals surface area contributed by atoms with E-state index in [4.69, 9.17) is 32.7 Å². The maximum absolute atomic E-state index is 11.2. The Labute approximate surface area is 212 Å². The van der Waals surface area contributed by atoms with Gasteiger partial charge >= 0.3 is 5.97 Å². The van der Waals surface area contributed by atoms with Crippen molar-refractivity contribution in [3.8, 4) is 11.5 Å². The van der Waals surface area contributed by atoms with Gasteiger partial charge in [0, 0.05) is 39.2 Å². The van der Waals surface area contributed by atoms with Gasteiger partial charge in [0.15, 0.2) is 0 Å². The number of unbranched alkanes of at least 4 members (excludes halogenated alkanes) is 1. The van der Waals surface area contributed by atoms with Crippen molar-refractivity contribution in [1.29, 1.82) is 0 Å². The lowest BCUT2D eigenvalue weighted by molar-refractivity contribution is -0.141. The average Bonchev–Trinajstić information content (AvgIpc) is 3.16. The topological polar surface area (TPSA) is 59.0 Å². The number of ether oxygens (including phenoxy) is 2. The van der Waals surface area contributed by atoms with E-state index in [1.54, 1.807) is 6.92 Å². The molecule has 0 radical (unpaired) electrons. The lowest BCUT2D eigenvalue weighted by Crippen LogP contribution is -2.45. The molecule has 2 aromatic carbocycles. The van der Waals surface area contributed by atoms with Crippen molar-refractivity contribution < 1.29 is 19.4 Å². The normalized spacial score (nSPS) is 17.9. The summed E-state index contributed by atoms with van der Waals surface area (Å²) in [7, 11) is 0. The van der Waals surface area contributed by atoms with E-state index in [-0.39, 0.29) is 11.3 Å². The highest BCUT2D eigenvalue weighted by molar-refractivity contribution is 6.36. The van der Waals surface area contributed by atoms with Gasteiger partial charge in [-0.25, -0.2) is 0 Å². The Balaban J connectivity index is 1.39. The lowest BCUT2D eigenvalue weighted by Gasteiger charge is -2.39. The van der Waals surface area contributed by atoms with E-state index in [0.717, 1.165) is 67.8 Å². The number of carboxylic acid groups (broad SMARTS) is 1. The molecule has 0 saturated carbocycles. The van der Waals surface area contributed by atoms with Crippen molar-refractivity contribution in [2.75, 3.05) is 26.2 Å². The summed E-state index contributed by atoms with van der Waals surface area (Å²) in [5, 5.41) is 10.5. The molecule has 0 bridgehead atoms. The molecule has 2 heterocycles. The van der Waals surface area contributed by atoms with Gasteiger partial charge < -0.3 is 19.5 Å². The molecule has 0 aliphatic carbocycles. The summed E-state index contributed by atoms with van der Waals surface area (Å²) < 4.78 is 12.1. The fourth-order valence-corrected chi connectivity index (χ4v) is 5.60. The molecule has 1 saturated heterocycles. The van der Waals surface area contributed by atoms with Crippen LogP contribution >= 0.6 is 23.2 Å². The van der Waals surface area contributed by atoms with Gasteiger partial charge in [0.2, 0.25) is 0 Å². The molecule has 4 rings (SSSR count). The molecule has 7 heteroatoms. The maximum Gasteiger partial charge on any atom is 0.307 e. The average molecular weight is 506 g/mol. The Morgan fingerprint density at radius 3 is 2.56 bits per heavy atom. The zero-order valence-corrected chi connectivity index (χ0v) is 21.4. The smallest absolute Gasteiger partial charge is 0.307 e. The molecule has 1 atom stereocenters. The molecule has 1 spiro atoms. The molecular formula is C27H33Cl2NO4.